The summed E-state index contributed by atoms with van der Waals surface area (Å²) in [7, 11) is 2.03. The lowest BCUT2D eigenvalue weighted by molar-refractivity contribution is 0.00543. The van der Waals surface area contributed by atoms with E-state index in [0.717, 1.165) is 19.4 Å². The van der Waals surface area contributed by atoms with Crippen molar-refractivity contribution in [3.63, 3.8) is 0 Å². The molecule has 31 heavy (non-hydrogen) atoms. The molecule has 0 aliphatic carbocycles. The van der Waals surface area contributed by atoms with Gasteiger partial charge in [-0.2, -0.15) is 0 Å². The smallest absolute Gasteiger partial charge is 0.412 e. The van der Waals surface area contributed by atoms with E-state index >= 15 is 0 Å². The van der Waals surface area contributed by atoms with Gasteiger partial charge in [-0.15, -0.1) is 0 Å². The summed E-state index contributed by atoms with van der Waals surface area (Å²) in [4.78, 5) is 13.1. The quantitative estimate of drug-likeness (QED) is 0.151. The van der Waals surface area contributed by atoms with Gasteiger partial charge in [-0.25, -0.2) is 4.79 Å². The Hall–Kier alpha value is -1.31. The number of hydrogen-bond donors (Lipinski definition) is 2. The van der Waals surface area contributed by atoms with Crippen LogP contribution < -0.4 is 11.1 Å². The first-order valence-electron chi connectivity index (χ1n) is 10.6. The van der Waals surface area contributed by atoms with Crippen molar-refractivity contribution in [2.75, 3.05) is 113 Å². The number of ether oxygens (including phenoxy) is 7. The number of carbonyl (C=O) groups excluding carboxylic acids is 1. The first-order valence-corrected chi connectivity index (χ1v) is 10.6. The zero-order valence-electron chi connectivity index (χ0n) is 18.9. The van der Waals surface area contributed by atoms with Crippen molar-refractivity contribution in [2.24, 2.45) is 5.73 Å². The molecule has 0 aromatic carbocycles. The van der Waals surface area contributed by atoms with Crippen LogP contribution >= 0.6 is 0 Å². The highest BCUT2D eigenvalue weighted by Crippen LogP contribution is 1.87. The van der Waals surface area contributed by atoms with Gasteiger partial charge in [0.1, 0.15) is 0 Å². The average molecular weight is 452 g/mol. The number of likely N-dealkylation sites (N-methyl/N-ethyl adjacent to an activating group) is 1. The molecule has 0 aromatic heterocycles. The molecule has 0 aliphatic rings. The number of rotatable bonds is 24. The van der Waals surface area contributed by atoms with Crippen LogP contribution in [0.25, 0.3) is 0 Å². The topological polar surface area (TPSA) is 123 Å². The molecule has 0 saturated carbocycles. The average Bonchev–Trinajstić information content (AvgIpc) is 2.76. The molecule has 0 unspecified atom stereocenters. The van der Waals surface area contributed by atoms with Crippen LogP contribution in [0.3, 0.4) is 0 Å². The monoisotopic (exact) mass is 451 g/mol. The van der Waals surface area contributed by atoms with E-state index in [-0.39, 0.29) is 0 Å². The Bertz CT molecular complexity index is 405. The van der Waals surface area contributed by atoms with Crippen LogP contribution in [-0.4, -0.2) is 124 Å². The van der Waals surface area contributed by atoms with Crippen LogP contribution in [0.4, 0.5) is 4.79 Å². The zero-order chi connectivity index (χ0) is 22.8. The number of nitrogens with zero attached hydrogens (tertiary/aromatic N) is 1. The van der Waals surface area contributed by atoms with Gasteiger partial charge in [-0.05, 0) is 7.05 Å². The number of carbonyl (C=O) groups is 1. The van der Waals surface area contributed by atoms with E-state index in [1.165, 1.54) is 0 Å². The largest absolute Gasteiger partial charge is 0.419 e. The van der Waals surface area contributed by atoms with Crippen molar-refractivity contribution in [3.8, 4) is 0 Å². The van der Waals surface area contributed by atoms with Crippen LogP contribution in [0.5, 0.6) is 0 Å². The van der Waals surface area contributed by atoms with Gasteiger partial charge < -0.3 is 49.1 Å². The summed E-state index contributed by atoms with van der Waals surface area (Å²) in [5.41, 5.74) is 5.32. The van der Waals surface area contributed by atoms with Crippen molar-refractivity contribution in [3.05, 3.63) is 12.8 Å². The van der Waals surface area contributed by atoms with Crippen molar-refractivity contribution >= 4 is 6.09 Å². The van der Waals surface area contributed by atoms with E-state index in [1.54, 1.807) is 0 Å². The van der Waals surface area contributed by atoms with E-state index in [2.05, 4.69) is 21.5 Å². The van der Waals surface area contributed by atoms with Crippen LogP contribution in [-0.2, 0) is 33.2 Å². The molecular weight excluding hydrogens is 410 g/mol. The molecule has 0 spiro atoms. The third-order valence-electron chi connectivity index (χ3n) is 3.69. The van der Waals surface area contributed by atoms with Gasteiger partial charge in [0.2, 0.25) is 0 Å². The molecule has 0 fully saturated rings. The molecule has 0 rings (SSSR count). The predicted molar refractivity (Wildman–Crippen MR) is 116 cm³/mol. The molecule has 0 saturated heterocycles. The van der Waals surface area contributed by atoms with E-state index in [9.17, 15) is 4.79 Å². The molecule has 3 N–H and O–H groups in total. The molecule has 184 valence electrons. The van der Waals surface area contributed by atoms with Crippen molar-refractivity contribution in [1.29, 1.82) is 0 Å². The molecule has 0 aromatic rings. The summed E-state index contributed by atoms with van der Waals surface area (Å²) in [6.45, 7) is 12.3. The first-order chi connectivity index (χ1) is 15.2. The molecule has 0 radical (unpaired) electrons. The van der Waals surface area contributed by atoms with Crippen molar-refractivity contribution in [2.45, 2.75) is 0 Å². The lowest BCUT2D eigenvalue weighted by atomic mass is 10.5. The summed E-state index contributed by atoms with van der Waals surface area (Å²) < 4.78 is 36.9. The molecular formula is C20H41N3O8. The highest BCUT2D eigenvalue weighted by atomic mass is 16.6. The third kappa shape index (κ3) is 24.8. The van der Waals surface area contributed by atoms with Gasteiger partial charge in [-0.3, -0.25) is 0 Å². The molecule has 0 atom stereocenters. The Kier molecular flexibility index (Phi) is 23.9. The van der Waals surface area contributed by atoms with Crippen LogP contribution in [0.15, 0.2) is 12.8 Å². The van der Waals surface area contributed by atoms with Gasteiger partial charge >= 0.3 is 6.09 Å². The van der Waals surface area contributed by atoms with Gasteiger partial charge in [0, 0.05) is 26.2 Å². The summed E-state index contributed by atoms with van der Waals surface area (Å²) in [6, 6.07) is 0. The lowest BCUT2D eigenvalue weighted by Gasteiger charge is -2.16. The van der Waals surface area contributed by atoms with E-state index in [1.807, 2.05) is 7.05 Å². The normalized spacial score (nSPS) is 11.1. The minimum absolute atomic E-state index is 0.368. The number of nitrogens with two attached hydrogens (primary N) is 1. The minimum atomic E-state index is -0.545. The van der Waals surface area contributed by atoms with Crippen molar-refractivity contribution < 1.29 is 38.0 Å². The maximum atomic E-state index is 11.0. The molecule has 0 aliphatic heterocycles. The molecule has 1 amide bonds. The first kappa shape index (κ1) is 29.7. The van der Waals surface area contributed by atoms with E-state index < -0.39 is 6.09 Å². The van der Waals surface area contributed by atoms with E-state index in [0.29, 0.717) is 92.4 Å². The van der Waals surface area contributed by atoms with Crippen LogP contribution in [0.1, 0.15) is 0 Å². The Balaban J connectivity index is 3.18. The zero-order valence-corrected chi connectivity index (χ0v) is 18.9. The number of nitrogens with one attached hydrogen (secondary N) is 1. The third-order valence-corrected chi connectivity index (χ3v) is 3.69. The Morgan fingerprint density at radius 3 is 1.65 bits per heavy atom. The van der Waals surface area contributed by atoms with Gasteiger partial charge in [0.05, 0.1) is 85.5 Å². The van der Waals surface area contributed by atoms with Crippen LogP contribution in [0.2, 0.25) is 0 Å². The Labute approximate surface area is 186 Å². The van der Waals surface area contributed by atoms with Gasteiger partial charge in [0.15, 0.2) is 0 Å². The minimum Gasteiger partial charge on any atom is -0.419 e. The summed E-state index contributed by atoms with van der Waals surface area (Å²) in [6.07, 6.45) is 0.525. The van der Waals surface area contributed by atoms with Gasteiger partial charge in [-0.1, -0.05) is 6.58 Å². The summed E-state index contributed by atoms with van der Waals surface area (Å²) >= 11 is 0. The SMILES string of the molecule is C=COC(=O)NCCOCCOCCOCCN(C)CCOCCOCCOCCN. The fourth-order valence-corrected chi connectivity index (χ4v) is 2.06. The van der Waals surface area contributed by atoms with Gasteiger partial charge in [0.25, 0.3) is 0 Å². The second-order valence-electron chi connectivity index (χ2n) is 6.26. The molecule has 0 bridgehead atoms. The predicted octanol–water partition coefficient (Wildman–Crippen LogP) is -0.154. The maximum Gasteiger partial charge on any atom is 0.412 e. The van der Waals surface area contributed by atoms with E-state index in [4.69, 9.17) is 34.2 Å². The standard InChI is InChI=1S/C20H41N3O8/c1-3-31-20(24)22-5-9-26-13-17-30-19-15-28-11-7-23(2)6-10-27-14-18-29-16-12-25-8-4-21/h3H,1,4-19,21H2,2H3,(H,22,24). The van der Waals surface area contributed by atoms with Crippen LogP contribution in [0, 0.1) is 0 Å². The summed E-state index contributed by atoms with van der Waals surface area (Å²) in [5, 5.41) is 2.51. The van der Waals surface area contributed by atoms with Crippen molar-refractivity contribution in [1.82, 2.24) is 10.2 Å². The summed E-state index contributed by atoms with van der Waals surface area (Å²) in [5.74, 6) is 0. The number of alkyl carbamates (subject to hydrolysis) is 1. The Morgan fingerprint density at radius 2 is 1.19 bits per heavy atom. The highest BCUT2D eigenvalue weighted by molar-refractivity contribution is 5.67. The highest BCUT2D eigenvalue weighted by Gasteiger charge is 2.00. The fourth-order valence-electron chi connectivity index (χ4n) is 2.06. The molecule has 11 nitrogen and oxygen atoms in total. The molecule has 11 heteroatoms. The maximum absolute atomic E-state index is 11.0. The second kappa shape index (κ2) is 25.0. The number of hydrogen-bond acceptors (Lipinski definition) is 10. The second-order valence-corrected chi connectivity index (χ2v) is 6.26. The Morgan fingerprint density at radius 1 is 0.774 bits per heavy atom. The molecule has 0 heterocycles. The fraction of sp³-hybridized carbons (Fsp3) is 0.850. The number of amides is 1. The lowest BCUT2D eigenvalue weighted by Crippen LogP contribution is -2.28.